The molecule has 1 aliphatic rings. The molecule has 2 heterocycles. The van der Waals surface area contributed by atoms with Crippen LogP contribution in [0.1, 0.15) is 35.1 Å². The molecule has 0 bridgehead atoms. The zero-order chi connectivity index (χ0) is 24.3. The number of benzene rings is 2. The Labute approximate surface area is 223 Å². The summed E-state index contributed by atoms with van der Waals surface area (Å²) in [5.41, 5.74) is 7.91. The van der Waals surface area contributed by atoms with E-state index in [-0.39, 0.29) is 36.6 Å². The van der Waals surface area contributed by atoms with Gasteiger partial charge in [0, 0.05) is 36.2 Å². The average Bonchev–Trinajstić information content (AvgIpc) is 2.81. The molecule has 0 saturated carbocycles. The number of alkyl halides is 3. The lowest BCUT2D eigenvalue weighted by Gasteiger charge is -2.36. The fourth-order valence-electron chi connectivity index (χ4n) is 4.52. The first kappa shape index (κ1) is 29.7. The number of nitrogens with one attached hydrogen (secondary N) is 1. The van der Waals surface area contributed by atoms with Crippen molar-refractivity contribution < 1.29 is 17.9 Å². The van der Waals surface area contributed by atoms with Crippen LogP contribution in [0.5, 0.6) is 5.75 Å². The minimum atomic E-state index is -4.70. The number of rotatable bonds is 6. The molecule has 0 atom stereocenters. The lowest BCUT2D eigenvalue weighted by atomic mass is 9.96. The van der Waals surface area contributed by atoms with Crippen molar-refractivity contribution in [1.29, 1.82) is 0 Å². The van der Waals surface area contributed by atoms with E-state index in [9.17, 15) is 13.2 Å². The van der Waals surface area contributed by atoms with Crippen molar-refractivity contribution in [2.75, 3.05) is 18.0 Å². The van der Waals surface area contributed by atoms with E-state index in [4.69, 9.17) is 0 Å². The number of aryl methyl sites for hydroxylation is 2. The summed E-state index contributed by atoms with van der Waals surface area (Å²) in [6.07, 6.45) is 0.974. The Hall–Kier alpha value is -2.48. The number of nitrogens with zero attached hydrogens (tertiary/aromatic N) is 2. The van der Waals surface area contributed by atoms with Gasteiger partial charge in [0.2, 0.25) is 0 Å². The van der Waals surface area contributed by atoms with E-state index < -0.39 is 6.36 Å². The molecular formula is C27H32Cl2F3N3O. The maximum absolute atomic E-state index is 12.6. The number of hydrogen-bond donors (Lipinski definition) is 1. The smallest absolute Gasteiger partial charge is 0.406 e. The van der Waals surface area contributed by atoms with Crippen molar-refractivity contribution >= 4 is 30.5 Å². The number of halogens is 5. The number of hydrogen-bond acceptors (Lipinski definition) is 4. The van der Waals surface area contributed by atoms with Gasteiger partial charge in [0.15, 0.2) is 0 Å². The van der Waals surface area contributed by atoms with Crippen LogP contribution in [0.4, 0.5) is 18.9 Å². The van der Waals surface area contributed by atoms with Crippen LogP contribution < -0.4 is 15.0 Å². The Kier molecular flexibility index (Phi) is 10.5. The lowest BCUT2D eigenvalue weighted by Crippen LogP contribution is -2.43. The van der Waals surface area contributed by atoms with Gasteiger partial charge in [-0.05, 0) is 105 Å². The average molecular weight is 542 g/mol. The fraction of sp³-hybridized carbons (Fsp3) is 0.370. The first-order valence-corrected chi connectivity index (χ1v) is 11.5. The van der Waals surface area contributed by atoms with E-state index in [2.05, 4.69) is 58.9 Å². The molecule has 1 fully saturated rings. The van der Waals surface area contributed by atoms with Crippen LogP contribution in [-0.2, 0) is 6.54 Å². The highest BCUT2D eigenvalue weighted by molar-refractivity contribution is 5.85. The first-order chi connectivity index (χ1) is 16.2. The van der Waals surface area contributed by atoms with E-state index in [1.54, 1.807) is 12.1 Å². The summed E-state index contributed by atoms with van der Waals surface area (Å²) < 4.78 is 41.8. The molecule has 0 radical (unpaired) electrons. The van der Waals surface area contributed by atoms with Crippen LogP contribution in [0.2, 0.25) is 0 Å². The summed E-state index contributed by atoms with van der Waals surface area (Å²) >= 11 is 0. The maximum atomic E-state index is 12.6. The molecule has 36 heavy (non-hydrogen) atoms. The van der Waals surface area contributed by atoms with Crippen LogP contribution in [0.25, 0.3) is 11.1 Å². The summed E-state index contributed by atoms with van der Waals surface area (Å²) in [5, 5.41) is 3.38. The zero-order valence-electron chi connectivity index (χ0n) is 20.6. The molecular weight excluding hydrogens is 510 g/mol. The van der Waals surface area contributed by atoms with Crippen LogP contribution in [0.15, 0.2) is 54.9 Å². The van der Waals surface area contributed by atoms with Gasteiger partial charge in [0.25, 0.3) is 0 Å². The maximum Gasteiger partial charge on any atom is 0.573 e. The third-order valence-corrected chi connectivity index (χ3v) is 6.56. The van der Waals surface area contributed by atoms with Crippen molar-refractivity contribution in [3.8, 4) is 16.9 Å². The third-order valence-electron chi connectivity index (χ3n) is 6.56. The first-order valence-electron chi connectivity index (χ1n) is 11.5. The van der Waals surface area contributed by atoms with Crippen LogP contribution >= 0.6 is 24.8 Å². The molecule has 2 aromatic carbocycles. The highest BCUT2D eigenvalue weighted by atomic mass is 35.5. The molecule has 1 aliphatic heterocycles. The topological polar surface area (TPSA) is 37.4 Å². The van der Waals surface area contributed by atoms with Crippen LogP contribution in [0, 0.1) is 20.8 Å². The summed E-state index contributed by atoms with van der Waals surface area (Å²) in [4.78, 5) is 6.77. The van der Waals surface area contributed by atoms with Gasteiger partial charge in [0.05, 0.1) is 0 Å². The van der Waals surface area contributed by atoms with Crippen molar-refractivity contribution in [2.45, 2.75) is 52.6 Å². The molecule has 4 rings (SSSR count). The van der Waals surface area contributed by atoms with Gasteiger partial charge in [-0.1, -0.05) is 12.1 Å². The second-order valence-electron chi connectivity index (χ2n) is 8.97. The second-order valence-corrected chi connectivity index (χ2v) is 8.97. The SMILES string of the molecule is Cc1cc(-c2cncc(CN(c3ccc(OC(F)(F)F)cc3)C3CCNCC3)c2)cc(C)c1C.Cl.Cl. The molecule has 0 amide bonds. The zero-order valence-corrected chi connectivity index (χ0v) is 22.2. The molecule has 0 aliphatic carbocycles. The van der Waals surface area contributed by atoms with Gasteiger partial charge < -0.3 is 15.0 Å². The van der Waals surface area contributed by atoms with Crippen molar-refractivity contribution in [1.82, 2.24) is 10.3 Å². The molecule has 4 nitrogen and oxygen atoms in total. The molecule has 3 aromatic rings. The van der Waals surface area contributed by atoms with E-state index >= 15 is 0 Å². The van der Waals surface area contributed by atoms with Gasteiger partial charge in [0.1, 0.15) is 5.75 Å². The predicted molar refractivity (Wildman–Crippen MR) is 144 cm³/mol. The standard InChI is InChI=1S/C27H30F3N3O.2ClH/c1-18-12-22(13-19(2)20(18)3)23-14-21(15-32-16-23)17-33(25-8-10-31-11-9-25)24-4-6-26(7-5-24)34-27(28,29)30;;/h4-7,12-16,25,31H,8-11,17H2,1-3H3;2*1H. The molecule has 9 heteroatoms. The molecule has 1 saturated heterocycles. The number of anilines is 1. The van der Waals surface area contributed by atoms with Gasteiger partial charge in [-0.2, -0.15) is 0 Å². The summed E-state index contributed by atoms with van der Waals surface area (Å²) in [7, 11) is 0. The van der Waals surface area contributed by atoms with Crippen LogP contribution in [-0.4, -0.2) is 30.5 Å². The Morgan fingerprint density at radius 3 is 2.11 bits per heavy atom. The second kappa shape index (κ2) is 12.7. The van der Waals surface area contributed by atoms with Crippen LogP contribution in [0.3, 0.4) is 0 Å². The number of ether oxygens (including phenoxy) is 1. The number of pyridine rings is 1. The molecule has 0 spiro atoms. The van der Waals surface area contributed by atoms with E-state index in [1.165, 1.54) is 28.8 Å². The number of aromatic nitrogens is 1. The highest BCUT2D eigenvalue weighted by Crippen LogP contribution is 2.30. The van der Waals surface area contributed by atoms with Crippen molar-refractivity contribution in [2.24, 2.45) is 0 Å². The molecule has 196 valence electrons. The largest absolute Gasteiger partial charge is 0.573 e. The summed E-state index contributed by atoms with van der Waals surface area (Å²) in [6.45, 7) is 8.81. The fourth-order valence-corrected chi connectivity index (χ4v) is 4.52. The highest BCUT2D eigenvalue weighted by Gasteiger charge is 2.31. The van der Waals surface area contributed by atoms with Crippen molar-refractivity contribution in [3.05, 3.63) is 77.1 Å². The Bertz CT molecular complexity index is 1110. The molecule has 1 aromatic heterocycles. The predicted octanol–water partition coefficient (Wildman–Crippen LogP) is 7.17. The minimum Gasteiger partial charge on any atom is -0.406 e. The molecule has 0 unspecified atom stereocenters. The van der Waals surface area contributed by atoms with E-state index in [1.807, 2.05) is 12.4 Å². The van der Waals surface area contributed by atoms with Gasteiger partial charge in [-0.3, -0.25) is 4.98 Å². The monoisotopic (exact) mass is 541 g/mol. The van der Waals surface area contributed by atoms with Gasteiger partial charge in [-0.15, -0.1) is 38.0 Å². The Morgan fingerprint density at radius 2 is 1.53 bits per heavy atom. The Morgan fingerprint density at radius 1 is 0.917 bits per heavy atom. The van der Waals surface area contributed by atoms with E-state index in [0.29, 0.717) is 6.54 Å². The Balaban J connectivity index is 0.00000228. The minimum absolute atomic E-state index is 0. The van der Waals surface area contributed by atoms with Gasteiger partial charge in [-0.25, -0.2) is 0 Å². The summed E-state index contributed by atoms with van der Waals surface area (Å²) in [6, 6.07) is 13.0. The lowest BCUT2D eigenvalue weighted by molar-refractivity contribution is -0.274. The number of piperidine rings is 1. The quantitative estimate of drug-likeness (QED) is 0.358. The van der Waals surface area contributed by atoms with Crippen molar-refractivity contribution in [3.63, 3.8) is 0 Å². The molecule has 1 N–H and O–H groups in total. The third kappa shape index (κ3) is 7.51. The van der Waals surface area contributed by atoms with E-state index in [0.717, 1.165) is 48.3 Å². The van der Waals surface area contributed by atoms with Gasteiger partial charge >= 0.3 is 6.36 Å². The summed E-state index contributed by atoms with van der Waals surface area (Å²) in [5.74, 6) is -0.213. The normalized spacial score (nSPS) is 13.9.